The Hall–Kier alpha value is 0.200. The number of halogens is 1. The summed E-state index contributed by atoms with van der Waals surface area (Å²) in [5.74, 6) is 0. The van der Waals surface area contributed by atoms with E-state index in [1.807, 2.05) is 0 Å². The molecule has 3 nitrogen and oxygen atoms in total. The van der Waals surface area contributed by atoms with E-state index in [1.54, 1.807) is 0 Å². The van der Waals surface area contributed by atoms with Gasteiger partial charge in [-0.2, -0.15) is 0 Å². The summed E-state index contributed by atoms with van der Waals surface area (Å²) in [6, 6.07) is 0. The number of hydrogen-bond acceptors (Lipinski definition) is 3. The van der Waals surface area contributed by atoms with Crippen LogP contribution < -0.4 is 0 Å². The highest BCUT2D eigenvalue weighted by Crippen LogP contribution is 2.52. The molecule has 0 unspecified atom stereocenters. The Morgan fingerprint density at radius 2 is 1.60 bits per heavy atom. The first-order valence-electron chi connectivity index (χ1n) is 5.54. The normalized spacial score (nSPS) is 28.7. The molecule has 2 aliphatic carbocycles. The van der Waals surface area contributed by atoms with E-state index in [-0.39, 0.29) is 0 Å². The summed E-state index contributed by atoms with van der Waals surface area (Å²) >= 11 is 0. The molecule has 0 saturated heterocycles. The molecule has 0 aromatic heterocycles. The highest BCUT2D eigenvalue weighted by Gasteiger charge is 2.57. The zero-order valence-corrected chi connectivity index (χ0v) is 10.3. The molecule has 0 spiro atoms. The molecule has 15 heavy (non-hydrogen) atoms. The molecule has 5 heteroatoms. The molecule has 0 aromatic rings. The van der Waals surface area contributed by atoms with Crippen LogP contribution in [0.3, 0.4) is 0 Å². The zero-order valence-electron chi connectivity index (χ0n) is 8.71. The fraction of sp³-hybridized carbons (Fsp3) is 1.00. The van der Waals surface area contributed by atoms with Gasteiger partial charge in [-0.25, -0.2) is 8.42 Å². The van der Waals surface area contributed by atoms with Crippen LogP contribution in [0.1, 0.15) is 51.4 Å². The highest BCUT2D eigenvalue weighted by molar-refractivity contribution is 8.15. The highest BCUT2D eigenvalue weighted by atomic mass is 35.7. The van der Waals surface area contributed by atoms with Gasteiger partial charge in [-0.1, -0.05) is 19.3 Å². The number of hydrogen-bond donors (Lipinski definition) is 1. The average molecular weight is 253 g/mol. The van der Waals surface area contributed by atoms with E-state index in [1.165, 1.54) is 0 Å². The molecule has 0 radical (unpaired) electrons. The topological polar surface area (TPSA) is 54.4 Å². The fourth-order valence-electron chi connectivity index (χ4n) is 2.63. The van der Waals surface area contributed by atoms with Crippen LogP contribution in [0.2, 0.25) is 0 Å². The molecule has 1 N–H and O–H groups in total. The second-order valence-electron chi connectivity index (χ2n) is 5.08. The fourth-order valence-corrected chi connectivity index (χ4v) is 4.29. The van der Waals surface area contributed by atoms with Crippen molar-refractivity contribution in [2.24, 2.45) is 0 Å². The molecule has 0 atom stereocenters. The van der Waals surface area contributed by atoms with Crippen LogP contribution >= 0.6 is 10.7 Å². The maximum absolute atomic E-state index is 11.4. The second-order valence-corrected chi connectivity index (χ2v) is 8.04. The molecule has 0 bridgehead atoms. The molecule has 0 aromatic carbocycles. The standard InChI is InChI=1S/C10H17ClO3S/c11-15(13,14)10(6-7-10)8-9(12)4-2-1-3-5-9/h12H,1-8H2. The smallest absolute Gasteiger partial charge is 0.238 e. The largest absolute Gasteiger partial charge is 0.390 e. The van der Waals surface area contributed by atoms with Crippen LogP contribution in [-0.4, -0.2) is 23.9 Å². The number of rotatable bonds is 3. The predicted octanol–water partition coefficient (Wildman–Crippen LogP) is 2.17. The quantitative estimate of drug-likeness (QED) is 0.784. The molecule has 0 aliphatic heterocycles. The van der Waals surface area contributed by atoms with E-state index in [0.29, 0.717) is 19.3 Å². The predicted molar refractivity (Wildman–Crippen MR) is 59.4 cm³/mol. The van der Waals surface area contributed by atoms with Gasteiger partial charge < -0.3 is 5.11 Å². The van der Waals surface area contributed by atoms with Gasteiger partial charge in [-0.15, -0.1) is 0 Å². The lowest BCUT2D eigenvalue weighted by atomic mass is 9.81. The summed E-state index contributed by atoms with van der Waals surface area (Å²) in [6.07, 6.45) is 6.14. The lowest BCUT2D eigenvalue weighted by Gasteiger charge is -2.34. The monoisotopic (exact) mass is 252 g/mol. The lowest BCUT2D eigenvalue weighted by molar-refractivity contribution is -0.00610. The molecular weight excluding hydrogens is 236 g/mol. The van der Waals surface area contributed by atoms with Crippen molar-refractivity contribution < 1.29 is 13.5 Å². The van der Waals surface area contributed by atoms with Crippen molar-refractivity contribution in [1.29, 1.82) is 0 Å². The summed E-state index contributed by atoms with van der Waals surface area (Å²) in [6.45, 7) is 0. The summed E-state index contributed by atoms with van der Waals surface area (Å²) in [5, 5.41) is 10.3. The van der Waals surface area contributed by atoms with E-state index >= 15 is 0 Å². The van der Waals surface area contributed by atoms with Crippen molar-refractivity contribution in [3.8, 4) is 0 Å². The van der Waals surface area contributed by atoms with Crippen molar-refractivity contribution in [1.82, 2.24) is 0 Å². The zero-order chi connectivity index (χ0) is 11.2. The molecule has 0 amide bonds. The minimum Gasteiger partial charge on any atom is -0.390 e. The van der Waals surface area contributed by atoms with Crippen LogP contribution in [0.25, 0.3) is 0 Å². The first-order valence-corrected chi connectivity index (χ1v) is 7.85. The van der Waals surface area contributed by atoms with Gasteiger partial charge in [0, 0.05) is 10.7 Å². The molecule has 2 rings (SSSR count). The Morgan fingerprint density at radius 1 is 1.07 bits per heavy atom. The molecular formula is C10H17ClO3S. The van der Waals surface area contributed by atoms with Crippen molar-refractivity contribution in [2.75, 3.05) is 0 Å². The van der Waals surface area contributed by atoms with E-state index in [4.69, 9.17) is 10.7 Å². The van der Waals surface area contributed by atoms with Gasteiger partial charge in [0.2, 0.25) is 9.05 Å². The van der Waals surface area contributed by atoms with Gasteiger partial charge in [0.25, 0.3) is 0 Å². The average Bonchev–Trinajstić information content (AvgIpc) is 2.84. The first-order chi connectivity index (χ1) is 6.87. The van der Waals surface area contributed by atoms with Gasteiger partial charge in [0.1, 0.15) is 0 Å². The Balaban J connectivity index is 2.08. The SMILES string of the molecule is O=S(=O)(Cl)C1(CC2(O)CCCCC2)CC1. The first kappa shape index (κ1) is 11.7. The lowest BCUT2D eigenvalue weighted by Crippen LogP contribution is -2.38. The number of aliphatic hydroxyl groups is 1. The third-order valence-electron chi connectivity index (χ3n) is 3.76. The summed E-state index contributed by atoms with van der Waals surface area (Å²) in [4.78, 5) is 0. The minimum absolute atomic E-state index is 0.339. The van der Waals surface area contributed by atoms with Gasteiger partial charge >= 0.3 is 0 Å². The summed E-state index contributed by atoms with van der Waals surface area (Å²) in [7, 11) is 1.91. The third-order valence-corrected chi connectivity index (χ3v) is 6.33. The third kappa shape index (κ3) is 2.32. The van der Waals surface area contributed by atoms with Gasteiger partial charge in [0.15, 0.2) is 0 Å². The maximum atomic E-state index is 11.4. The van der Waals surface area contributed by atoms with Crippen molar-refractivity contribution in [3.63, 3.8) is 0 Å². The Morgan fingerprint density at radius 3 is 2.00 bits per heavy atom. The van der Waals surface area contributed by atoms with Crippen molar-refractivity contribution in [2.45, 2.75) is 61.7 Å². The van der Waals surface area contributed by atoms with Crippen molar-refractivity contribution in [3.05, 3.63) is 0 Å². The van der Waals surface area contributed by atoms with E-state index in [2.05, 4.69) is 0 Å². The molecule has 0 heterocycles. The van der Waals surface area contributed by atoms with Gasteiger partial charge in [0.05, 0.1) is 10.3 Å². The second kappa shape index (κ2) is 3.60. The van der Waals surface area contributed by atoms with Crippen molar-refractivity contribution >= 4 is 19.7 Å². The van der Waals surface area contributed by atoms with Crippen LogP contribution in [0.5, 0.6) is 0 Å². The molecule has 2 fully saturated rings. The molecule has 2 saturated carbocycles. The van der Waals surface area contributed by atoms with Crippen LogP contribution in [0.15, 0.2) is 0 Å². The van der Waals surface area contributed by atoms with E-state index in [0.717, 1.165) is 32.1 Å². The molecule has 2 aliphatic rings. The summed E-state index contributed by atoms with van der Waals surface area (Å²) < 4.78 is 22.0. The van der Waals surface area contributed by atoms with E-state index < -0.39 is 19.4 Å². The van der Waals surface area contributed by atoms with Gasteiger partial charge in [-0.05, 0) is 32.1 Å². The van der Waals surface area contributed by atoms with E-state index in [9.17, 15) is 13.5 Å². The molecule has 88 valence electrons. The summed E-state index contributed by atoms with van der Waals surface area (Å²) in [5.41, 5.74) is -0.781. The van der Waals surface area contributed by atoms with Crippen LogP contribution in [0.4, 0.5) is 0 Å². The van der Waals surface area contributed by atoms with Gasteiger partial charge in [-0.3, -0.25) is 0 Å². The van der Waals surface area contributed by atoms with Crippen LogP contribution in [-0.2, 0) is 9.05 Å². The Bertz CT molecular complexity index is 340. The maximum Gasteiger partial charge on any atom is 0.238 e. The Labute approximate surface area is 95.2 Å². The Kier molecular flexibility index (Phi) is 2.81. The minimum atomic E-state index is -3.52. The van der Waals surface area contributed by atoms with Crippen LogP contribution in [0, 0.1) is 0 Å².